The molecule has 3 aromatic carbocycles. The van der Waals surface area contributed by atoms with Crippen molar-refractivity contribution in [3.8, 4) is 6.07 Å². The SMILES string of the molecule is CCNc1ccc(C#N)cc1N=C1S/C(=C(\C)N(CC)c2ccccc2S)C(=O)N1Cc1cccc(C(F)(F)F)c1. The third-order valence-electron chi connectivity index (χ3n) is 6.39. The second kappa shape index (κ2) is 12.7. The molecular formula is C30H28F3N5OS2. The van der Waals surface area contributed by atoms with E-state index in [2.05, 4.69) is 24.0 Å². The maximum Gasteiger partial charge on any atom is 0.416 e. The molecule has 3 aromatic rings. The first kappa shape index (κ1) is 30.1. The second-order valence-electron chi connectivity index (χ2n) is 9.11. The number of benzene rings is 3. The lowest BCUT2D eigenvalue weighted by Gasteiger charge is -2.26. The van der Waals surface area contributed by atoms with Crippen LogP contribution in [0.5, 0.6) is 0 Å². The number of hydrogen-bond donors (Lipinski definition) is 2. The van der Waals surface area contributed by atoms with Gasteiger partial charge in [0.1, 0.15) is 0 Å². The molecule has 1 amide bonds. The summed E-state index contributed by atoms with van der Waals surface area (Å²) >= 11 is 5.74. The highest BCUT2D eigenvalue weighted by Crippen LogP contribution is 2.40. The van der Waals surface area contributed by atoms with Crippen molar-refractivity contribution in [1.82, 2.24) is 4.90 Å². The third kappa shape index (κ3) is 6.72. The molecule has 1 N–H and O–H groups in total. The Morgan fingerprint density at radius 1 is 1.12 bits per heavy atom. The molecule has 212 valence electrons. The van der Waals surface area contributed by atoms with Gasteiger partial charge in [-0.1, -0.05) is 24.3 Å². The van der Waals surface area contributed by atoms with Crippen LogP contribution in [0.4, 0.5) is 30.2 Å². The normalized spacial score (nSPS) is 15.7. The van der Waals surface area contributed by atoms with Crippen LogP contribution in [0, 0.1) is 11.3 Å². The molecule has 0 aromatic heterocycles. The van der Waals surface area contributed by atoms with Gasteiger partial charge in [0.15, 0.2) is 5.17 Å². The average molecular weight is 596 g/mol. The molecule has 0 atom stereocenters. The van der Waals surface area contributed by atoms with Crippen LogP contribution in [0.3, 0.4) is 0 Å². The Hall–Kier alpha value is -3.88. The smallest absolute Gasteiger partial charge is 0.384 e. The molecule has 1 aliphatic rings. The highest BCUT2D eigenvalue weighted by molar-refractivity contribution is 8.18. The Bertz CT molecular complexity index is 1560. The van der Waals surface area contributed by atoms with E-state index in [1.807, 2.05) is 49.9 Å². The van der Waals surface area contributed by atoms with Gasteiger partial charge < -0.3 is 10.2 Å². The first-order valence-electron chi connectivity index (χ1n) is 12.9. The van der Waals surface area contributed by atoms with Crippen molar-refractivity contribution in [2.24, 2.45) is 4.99 Å². The Balaban J connectivity index is 1.84. The zero-order valence-electron chi connectivity index (χ0n) is 22.7. The topological polar surface area (TPSA) is 71.7 Å². The van der Waals surface area contributed by atoms with Crippen molar-refractivity contribution in [3.63, 3.8) is 0 Å². The first-order chi connectivity index (χ1) is 19.6. The van der Waals surface area contributed by atoms with Crippen LogP contribution in [-0.2, 0) is 17.5 Å². The molecule has 11 heteroatoms. The quantitative estimate of drug-likeness (QED) is 0.205. The van der Waals surface area contributed by atoms with E-state index in [4.69, 9.17) is 4.99 Å². The molecule has 1 fully saturated rings. The van der Waals surface area contributed by atoms with Gasteiger partial charge in [-0.3, -0.25) is 9.69 Å². The monoisotopic (exact) mass is 595 g/mol. The number of thiol groups is 1. The summed E-state index contributed by atoms with van der Waals surface area (Å²) in [4.78, 5) is 23.2. The van der Waals surface area contributed by atoms with Crippen molar-refractivity contribution in [1.29, 1.82) is 5.26 Å². The fraction of sp³-hybridized carbons (Fsp3) is 0.233. The van der Waals surface area contributed by atoms with E-state index in [1.165, 1.54) is 11.0 Å². The number of halogens is 3. The number of amidine groups is 1. The lowest BCUT2D eigenvalue weighted by molar-refractivity contribution is -0.137. The van der Waals surface area contributed by atoms with Crippen molar-refractivity contribution in [3.05, 3.63) is 94.0 Å². The standard InChI is InChI=1S/C30H28F3N5OS2/c1-4-35-23-14-13-20(17-34)16-24(23)36-29-38(18-21-9-8-10-22(15-21)30(31,32)33)28(39)27(41-29)19(3)37(5-2)25-11-6-7-12-26(25)40/h6-16,35,40H,4-5,18H2,1-3H3/b27-19+,36-29?. The predicted molar refractivity (Wildman–Crippen MR) is 161 cm³/mol. The van der Waals surface area contributed by atoms with Crippen LogP contribution in [0.2, 0.25) is 0 Å². The summed E-state index contributed by atoms with van der Waals surface area (Å²) in [5.41, 5.74) is 2.51. The molecule has 0 spiro atoms. The average Bonchev–Trinajstić information content (AvgIpc) is 3.25. The summed E-state index contributed by atoms with van der Waals surface area (Å²) in [5.74, 6) is -0.375. The number of nitrogens with one attached hydrogen (secondary N) is 1. The van der Waals surface area contributed by atoms with Gasteiger partial charge in [0.25, 0.3) is 5.91 Å². The Morgan fingerprint density at radius 2 is 1.88 bits per heavy atom. The zero-order chi connectivity index (χ0) is 29.7. The van der Waals surface area contributed by atoms with Crippen LogP contribution in [-0.4, -0.2) is 29.1 Å². The molecule has 0 bridgehead atoms. The van der Waals surface area contributed by atoms with E-state index in [0.717, 1.165) is 34.5 Å². The van der Waals surface area contributed by atoms with Crippen LogP contribution < -0.4 is 10.2 Å². The van der Waals surface area contributed by atoms with E-state index >= 15 is 0 Å². The number of alkyl halides is 3. The number of nitrogens with zero attached hydrogens (tertiary/aromatic N) is 4. The maximum atomic E-state index is 13.9. The van der Waals surface area contributed by atoms with Gasteiger partial charge in [0.05, 0.1) is 45.7 Å². The third-order valence-corrected chi connectivity index (χ3v) is 7.94. The highest BCUT2D eigenvalue weighted by Gasteiger charge is 2.37. The van der Waals surface area contributed by atoms with E-state index in [0.29, 0.717) is 51.4 Å². The molecule has 1 heterocycles. The van der Waals surface area contributed by atoms with Crippen molar-refractivity contribution < 1.29 is 18.0 Å². The number of aliphatic imine (C=N–C) groups is 1. The van der Waals surface area contributed by atoms with Gasteiger partial charge in [-0.05, 0) is 80.6 Å². The fourth-order valence-corrected chi connectivity index (χ4v) is 5.74. The van der Waals surface area contributed by atoms with Crippen LogP contribution in [0.1, 0.15) is 37.5 Å². The Kier molecular flexibility index (Phi) is 9.35. The lowest BCUT2D eigenvalue weighted by Crippen LogP contribution is -2.30. The van der Waals surface area contributed by atoms with E-state index in [1.54, 1.807) is 24.3 Å². The molecule has 1 saturated heterocycles. The maximum absolute atomic E-state index is 13.9. The zero-order valence-corrected chi connectivity index (χ0v) is 24.4. The first-order valence-corrected chi connectivity index (χ1v) is 14.1. The number of hydrogen-bond acceptors (Lipinski definition) is 7. The van der Waals surface area contributed by atoms with Crippen LogP contribution >= 0.6 is 24.4 Å². The summed E-state index contributed by atoms with van der Waals surface area (Å²) in [7, 11) is 0. The van der Waals surface area contributed by atoms with Crippen LogP contribution in [0.15, 0.2) is 87.2 Å². The van der Waals surface area contributed by atoms with Gasteiger partial charge >= 0.3 is 6.18 Å². The van der Waals surface area contributed by atoms with Crippen molar-refractivity contribution in [2.75, 3.05) is 23.3 Å². The molecule has 0 aliphatic carbocycles. The fourth-order valence-electron chi connectivity index (χ4n) is 4.42. The largest absolute Gasteiger partial charge is 0.416 e. The van der Waals surface area contributed by atoms with E-state index in [-0.39, 0.29) is 12.5 Å². The number of para-hydroxylation sites is 1. The molecule has 1 aliphatic heterocycles. The lowest BCUT2D eigenvalue weighted by atomic mass is 10.1. The number of carbonyl (C=O) groups excluding carboxylic acids is 1. The van der Waals surface area contributed by atoms with Crippen molar-refractivity contribution in [2.45, 2.75) is 38.4 Å². The Morgan fingerprint density at radius 3 is 2.54 bits per heavy atom. The molecule has 4 rings (SSSR count). The second-order valence-corrected chi connectivity index (χ2v) is 10.6. The number of thioether (sulfide) groups is 1. The molecule has 0 saturated carbocycles. The molecule has 6 nitrogen and oxygen atoms in total. The molecule has 41 heavy (non-hydrogen) atoms. The summed E-state index contributed by atoms with van der Waals surface area (Å²) < 4.78 is 40.3. The van der Waals surface area contributed by atoms with E-state index in [9.17, 15) is 23.2 Å². The number of amides is 1. The number of nitriles is 1. The van der Waals surface area contributed by atoms with Crippen molar-refractivity contribution >= 4 is 52.5 Å². The predicted octanol–water partition coefficient (Wildman–Crippen LogP) is 7.82. The van der Waals surface area contributed by atoms with Gasteiger partial charge in [0, 0.05) is 23.7 Å². The molecule has 0 radical (unpaired) electrons. The van der Waals surface area contributed by atoms with Gasteiger partial charge in [-0.25, -0.2) is 4.99 Å². The number of anilines is 2. The summed E-state index contributed by atoms with van der Waals surface area (Å²) in [6.45, 7) is 6.74. The molecule has 0 unspecified atom stereocenters. The summed E-state index contributed by atoms with van der Waals surface area (Å²) in [6.07, 6.45) is -4.52. The molecular weight excluding hydrogens is 567 g/mol. The minimum Gasteiger partial charge on any atom is -0.384 e. The van der Waals surface area contributed by atoms with Gasteiger partial charge in [-0.2, -0.15) is 18.4 Å². The van der Waals surface area contributed by atoms with Gasteiger partial charge in [0.2, 0.25) is 0 Å². The minimum atomic E-state index is -4.52. The number of allylic oxidation sites excluding steroid dienone is 1. The minimum absolute atomic E-state index is 0.116. The summed E-state index contributed by atoms with van der Waals surface area (Å²) in [5, 5.41) is 13.0. The number of rotatable bonds is 8. The number of carbonyl (C=O) groups is 1. The highest BCUT2D eigenvalue weighted by atomic mass is 32.2. The Labute approximate surface area is 247 Å². The summed E-state index contributed by atoms with van der Waals surface area (Å²) in [6, 6.07) is 19.6. The van der Waals surface area contributed by atoms with Gasteiger partial charge in [-0.15, -0.1) is 12.6 Å². The van der Waals surface area contributed by atoms with E-state index < -0.39 is 11.7 Å². The van der Waals surface area contributed by atoms with Crippen LogP contribution in [0.25, 0.3) is 0 Å².